The average Bonchev–Trinajstić information content (AvgIpc) is 2.69. The van der Waals surface area contributed by atoms with Crippen LogP contribution in [0.3, 0.4) is 0 Å². The molecule has 5 heteroatoms. The molecule has 5 nitrogen and oxygen atoms in total. The van der Waals surface area contributed by atoms with Crippen molar-refractivity contribution in [2.45, 2.75) is 13.5 Å². The van der Waals surface area contributed by atoms with Gasteiger partial charge in [-0.05, 0) is 36.2 Å². The molecule has 0 saturated carbocycles. The van der Waals surface area contributed by atoms with Crippen LogP contribution in [-0.2, 0) is 11.3 Å². The molecule has 0 unspecified atom stereocenters. The number of hydrogen-bond donors (Lipinski definition) is 1. The Bertz CT molecular complexity index is 779. The summed E-state index contributed by atoms with van der Waals surface area (Å²) < 4.78 is 0. The van der Waals surface area contributed by atoms with Gasteiger partial charge in [0.2, 0.25) is 0 Å². The van der Waals surface area contributed by atoms with E-state index in [4.69, 9.17) is 0 Å². The van der Waals surface area contributed by atoms with E-state index in [-0.39, 0.29) is 5.91 Å². The molecule has 1 aliphatic heterocycles. The monoisotopic (exact) mass is 381 g/mol. The number of amides is 1. The Morgan fingerprint density at radius 1 is 1.00 bits per heavy atom. The number of nitrogens with one attached hydrogen (secondary N) is 1. The lowest BCUT2D eigenvalue weighted by molar-refractivity contribution is -0.892. The summed E-state index contributed by atoms with van der Waals surface area (Å²) in [5.74, 6) is 0.219. The van der Waals surface area contributed by atoms with E-state index in [1.807, 2.05) is 26.0 Å². The number of carbonyl (C=O) groups is 1. The number of aryl methyl sites for hydroxylation is 1. The summed E-state index contributed by atoms with van der Waals surface area (Å²) in [6.45, 7) is 7.42. The molecule has 3 rings (SSSR count). The predicted molar refractivity (Wildman–Crippen MR) is 116 cm³/mol. The normalized spacial score (nSPS) is 14.8. The van der Waals surface area contributed by atoms with Crippen LogP contribution in [0.15, 0.2) is 48.5 Å². The highest BCUT2D eigenvalue weighted by Gasteiger charge is 2.24. The first-order chi connectivity index (χ1) is 13.4. The first-order valence-corrected chi connectivity index (χ1v) is 10.1. The minimum atomic E-state index is 0.219. The maximum atomic E-state index is 12.7. The molecule has 1 fully saturated rings. The van der Waals surface area contributed by atoms with Crippen molar-refractivity contribution in [1.29, 1.82) is 0 Å². The van der Waals surface area contributed by atoms with Crippen LogP contribution in [0.4, 0.5) is 11.4 Å². The minimum Gasteiger partial charge on any atom is -0.378 e. The summed E-state index contributed by atoms with van der Waals surface area (Å²) in [6.07, 6.45) is 0. The van der Waals surface area contributed by atoms with Crippen LogP contribution in [0.1, 0.15) is 11.1 Å². The third-order valence-corrected chi connectivity index (χ3v) is 5.63. The number of benzene rings is 2. The van der Waals surface area contributed by atoms with Crippen molar-refractivity contribution in [3.8, 4) is 0 Å². The van der Waals surface area contributed by atoms with Gasteiger partial charge in [-0.3, -0.25) is 4.79 Å². The number of nitrogens with zero attached hydrogens (tertiary/aromatic N) is 3. The van der Waals surface area contributed by atoms with Gasteiger partial charge in [-0.25, -0.2) is 0 Å². The van der Waals surface area contributed by atoms with Gasteiger partial charge < -0.3 is 19.6 Å². The molecule has 0 aromatic heterocycles. The third kappa shape index (κ3) is 5.04. The first kappa shape index (κ1) is 20.2. The molecule has 0 radical (unpaired) electrons. The van der Waals surface area contributed by atoms with E-state index in [9.17, 15) is 4.79 Å². The smallest absolute Gasteiger partial charge is 0.277 e. The fourth-order valence-corrected chi connectivity index (χ4v) is 3.77. The van der Waals surface area contributed by atoms with E-state index < -0.39 is 0 Å². The van der Waals surface area contributed by atoms with Gasteiger partial charge in [0.05, 0.1) is 26.2 Å². The lowest BCUT2D eigenvalue weighted by Crippen LogP contribution is -3.15. The third-order valence-electron chi connectivity index (χ3n) is 5.63. The Kier molecular flexibility index (Phi) is 6.57. The Morgan fingerprint density at radius 3 is 2.25 bits per heavy atom. The number of hydrogen-bond acceptors (Lipinski definition) is 3. The number of rotatable bonds is 6. The van der Waals surface area contributed by atoms with E-state index in [0.29, 0.717) is 13.1 Å². The van der Waals surface area contributed by atoms with Crippen molar-refractivity contribution in [1.82, 2.24) is 4.90 Å². The number of anilines is 2. The van der Waals surface area contributed by atoms with Crippen LogP contribution in [0.2, 0.25) is 0 Å². The van der Waals surface area contributed by atoms with Gasteiger partial charge in [0.1, 0.15) is 0 Å². The molecule has 1 heterocycles. The lowest BCUT2D eigenvalue weighted by atomic mass is 10.1. The summed E-state index contributed by atoms with van der Waals surface area (Å²) in [4.78, 5) is 20.4. The Hall–Kier alpha value is -2.53. The molecule has 0 atom stereocenters. The number of quaternary nitrogens is 1. The zero-order chi connectivity index (χ0) is 20.1. The van der Waals surface area contributed by atoms with Crippen LogP contribution in [0, 0.1) is 6.92 Å². The Balaban J connectivity index is 1.48. The van der Waals surface area contributed by atoms with Crippen LogP contribution >= 0.6 is 0 Å². The van der Waals surface area contributed by atoms with Gasteiger partial charge in [-0.2, -0.15) is 0 Å². The summed E-state index contributed by atoms with van der Waals surface area (Å²) >= 11 is 0. The molecule has 0 aliphatic carbocycles. The second-order valence-electron chi connectivity index (χ2n) is 8.01. The average molecular weight is 382 g/mol. The molecule has 150 valence electrons. The fraction of sp³-hybridized carbons (Fsp3) is 0.435. The Morgan fingerprint density at radius 2 is 1.64 bits per heavy atom. The lowest BCUT2D eigenvalue weighted by Gasteiger charge is -2.34. The Labute approximate surface area is 169 Å². The van der Waals surface area contributed by atoms with Gasteiger partial charge >= 0.3 is 0 Å². The van der Waals surface area contributed by atoms with Crippen molar-refractivity contribution in [3.05, 3.63) is 59.7 Å². The maximum absolute atomic E-state index is 12.7. The molecule has 1 N–H and O–H groups in total. The van der Waals surface area contributed by atoms with Gasteiger partial charge in [-0.1, -0.05) is 30.3 Å². The molecule has 2 aromatic carbocycles. The van der Waals surface area contributed by atoms with Crippen molar-refractivity contribution >= 4 is 17.3 Å². The van der Waals surface area contributed by atoms with Crippen molar-refractivity contribution in [3.63, 3.8) is 0 Å². The van der Waals surface area contributed by atoms with Gasteiger partial charge in [-0.15, -0.1) is 0 Å². The topological polar surface area (TPSA) is 31.2 Å². The predicted octanol–water partition coefficient (Wildman–Crippen LogP) is 1.42. The van der Waals surface area contributed by atoms with Crippen LogP contribution < -0.4 is 14.7 Å². The fourth-order valence-electron chi connectivity index (χ4n) is 3.77. The number of piperazine rings is 1. The minimum absolute atomic E-state index is 0.219. The van der Waals surface area contributed by atoms with Crippen LogP contribution in [-0.4, -0.2) is 64.7 Å². The molecular formula is C23H33N4O+. The standard InChI is InChI=1S/C23H32N4O/c1-19-7-5-6-8-22(19)27-15-13-26(14-16-27)18-23(28)25(4)17-20-9-11-21(12-10-20)24(2)3/h5-12H,13-18H2,1-4H3/p+1. The van der Waals surface area contributed by atoms with E-state index in [1.165, 1.54) is 27.4 Å². The molecule has 1 aliphatic rings. The van der Waals surface area contributed by atoms with E-state index in [1.54, 1.807) is 0 Å². The zero-order valence-corrected chi connectivity index (χ0v) is 17.6. The van der Waals surface area contributed by atoms with Crippen molar-refractivity contribution in [2.75, 3.05) is 63.7 Å². The highest BCUT2D eigenvalue weighted by atomic mass is 16.2. The quantitative estimate of drug-likeness (QED) is 0.821. The van der Waals surface area contributed by atoms with Crippen molar-refractivity contribution < 1.29 is 9.69 Å². The van der Waals surface area contributed by atoms with Gasteiger partial charge in [0.15, 0.2) is 6.54 Å². The summed E-state index contributed by atoms with van der Waals surface area (Å²) in [6, 6.07) is 17.0. The second-order valence-corrected chi connectivity index (χ2v) is 8.01. The van der Waals surface area contributed by atoms with Crippen LogP contribution in [0.25, 0.3) is 0 Å². The van der Waals surface area contributed by atoms with Gasteiger partial charge in [0, 0.05) is 39.1 Å². The number of likely N-dealkylation sites (N-methyl/N-ethyl adjacent to an activating group) is 1. The molecular weight excluding hydrogens is 348 g/mol. The van der Waals surface area contributed by atoms with E-state index in [0.717, 1.165) is 26.2 Å². The van der Waals surface area contributed by atoms with Gasteiger partial charge in [0.25, 0.3) is 5.91 Å². The highest BCUT2D eigenvalue weighted by molar-refractivity contribution is 5.76. The zero-order valence-electron chi connectivity index (χ0n) is 17.6. The van der Waals surface area contributed by atoms with Crippen molar-refractivity contribution in [2.24, 2.45) is 0 Å². The van der Waals surface area contributed by atoms with E-state index >= 15 is 0 Å². The van der Waals surface area contributed by atoms with E-state index in [2.05, 4.69) is 65.3 Å². The first-order valence-electron chi connectivity index (χ1n) is 10.1. The number of carbonyl (C=O) groups excluding carboxylic acids is 1. The molecule has 2 aromatic rings. The maximum Gasteiger partial charge on any atom is 0.277 e. The SMILES string of the molecule is Cc1ccccc1N1CC[NH+](CC(=O)N(C)Cc2ccc(N(C)C)cc2)CC1. The van der Waals surface area contributed by atoms with Crippen LogP contribution in [0.5, 0.6) is 0 Å². The summed E-state index contributed by atoms with van der Waals surface area (Å²) in [5.41, 5.74) is 4.99. The molecule has 1 amide bonds. The molecule has 0 bridgehead atoms. The number of para-hydroxylation sites is 1. The summed E-state index contributed by atoms with van der Waals surface area (Å²) in [5, 5.41) is 0. The highest BCUT2D eigenvalue weighted by Crippen LogP contribution is 2.18. The second kappa shape index (κ2) is 9.11. The molecule has 1 saturated heterocycles. The largest absolute Gasteiger partial charge is 0.378 e. The molecule has 0 spiro atoms. The summed E-state index contributed by atoms with van der Waals surface area (Å²) in [7, 11) is 5.98. The molecule has 28 heavy (non-hydrogen) atoms.